The van der Waals surface area contributed by atoms with Gasteiger partial charge in [-0.25, -0.2) is 4.68 Å². The zero-order valence-electron chi connectivity index (χ0n) is 13.1. The van der Waals surface area contributed by atoms with E-state index in [-0.39, 0.29) is 5.91 Å². The predicted octanol–water partition coefficient (Wildman–Crippen LogP) is 1.66. The van der Waals surface area contributed by atoms with Crippen molar-refractivity contribution in [3.8, 4) is 5.75 Å². The summed E-state index contributed by atoms with van der Waals surface area (Å²) in [6, 6.07) is 7.02. The first kappa shape index (κ1) is 15.9. The van der Waals surface area contributed by atoms with Crippen molar-refractivity contribution >= 4 is 5.91 Å². The molecular formula is C15H21N5O2. The standard InChI is InChI=1S/C15H21N5O2/c1-4-20-14(17-18-19-20)10-22-13-7-5-12(6-8-13)15(21)16-9-11(2)3/h5-8,11H,4,9-10H2,1-3H3,(H,16,21). The van der Waals surface area contributed by atoms with Gasteiger partial charge in [-0.15, -0.1) is 5.10 Å². The first-order valence-electron chi connectivity index (χ1n) is 7.36. The molecule has 0 bridgehead atoms. The lowest BCUT2D eigenvalue weighted by molar-refractivity contribution is 0.0949. The van der Waals surface area contributed by atoms with Gasteiger partial charge in [-0.1, -0.05) is 13.8 Å². The van der Waals surface area contributed by atoms with Crippen molar-refractivity contribution in [3.05, 3.63) is 35.7 Å². The molecule has 1 aromatic heterocycles. The fourth-order valence-corrected chi connectivity index (χ4v) is 1.82. The third-order valence-corrected chi connectivity index (χ3v) is 3.06. The van der Waals surface area contributed by atoms with Crippen molar-refractivity contribution in [2.45, 2.75) is 33.9 Å². The number of nitrogens with zero attached hydrogens (tertiary/aromatic N) is 4. The molecular weight excluding hydrogens is 282 g/mol. The van der Waals surface area contributed by atoms with E-state index in [1.165, 1.54) is 0 Å². The van der Waals surface area contributed by atoms with Gasteiger partial charge in [-0.2, -0.15) is 0 Å². The van der Waals surface area contributed by atoms with E-state index in [1.807, 2.05) is 6.92 Å². The van der Waals surface area contributed by atoms with E-state index in [9.17, 15) is 4.79 Å². The normalized spacial score (nSPS) is 10.7. The number of rotatable bonds is 7. The molecule has 0 saturated heterocycles. The van der Waals surface area contributed by atoms with Gasteiger partial charge in [0.15, 0.2) is 5.82 Å². The molecule has 0 atom stereocenters. The molecule has 0 aliphatic carbocycles. The van der Waals surface area contributed by atoms with Crippen LogP contribution in [0.25, 0.3) is 0 Å². The van der Waals surface area contributed by atoms with Gasteiger partial charge in [0.2, 0.25) is 0 Å². The second kappa shape index (κ2) is 7.53. The molecule has 1 heterocycles. The van der Waals surface area contributed by atoms with Crippen LogP contribution in [0.3, 0.4) is 0 Å². The first-order chi connectivity index (χ1) is 10.6. The Labute approximate surface area is 129 Å². The summed E-state index contributed by atoms with van der Waals surface area (Å²) in [7, 11) is 0. The molecule has 1 amide bonds. The zero-order chi connectivity index (χ0) is 15.9. The summed E-state index contributed by atoms with van der Waals surface area (Å²) >= 11 is 0. The molecule has 0 aliphatic rings. The van der Waals surface area contributed by atoms with Crippen LogP contribution >= 0.6 is 0 Å². The van der Waals surface area contributed by atoms with Gasteiger partial charge in [0.1, 0.15) is 12.4 Å². The molecule has 1 N–H and O–H groups in total. The molecule has 0 unspecified atom stereocenters. The Balaban J connectivity index is 1.90. The number of hydrogen-bond acceptors (Lipinski definition) is 5. The quantitative estimate of drug-likeness (QED) is 0.841. The molecule has 0 fully saturated rings. The van der Waals surface area contributed by atoms with Crippen LogP contribution in [-0.4, -0.2) is 32.7 Å². The topological polar surface area (TPSA) is 81.9 Å². The van der Waals surface area contributed by atoms with Crippen molar-refractivity contribution in [3.63, 3.8) is 0 Å². The Hall–Kier alpha value is -2.44. The monoisotopic (exact) mass is 303 g/mol. The van der Waals surface area contributed by atoms with E-state index in [2.05, 4.69) is 34.7 Å². The minimum absolute atomic E-state index is 0.0739. The Bertz CT molecular complexity index is 607. The van der Waals surface area contributed by atoms with Gasteiger partial charge in [-0.3, -0.25) is 4.79 Å². The zero-order valence-corrected chi connectivity index (χ0v) is 13.1. The van der Waals surface area contributed by atoms with Crippen LogP contribution in [0.2, 0.25) is 0 Å². The second-order valence-electron chi connectivity index (χ2n) is 5.33. The Morgan fingerprint density at radius 3 is 2.68 bits per heavy atom. The van der Waals surface area contributed by atoms with Crippen LogP contribution in [0.15, 0.2) is 24.3 Å². The maximum Gasteiger partial charge on any atom is 0.251 e. The van der Waals surface area contributed by atoms with Gasteiger partial charge < -0.3 is 10.1 Å². The van der Waals surface area contributed by atoms with E-state index in [0.717, 1.165) is 0 Å². The molecule has 7 nitrogen and oxygen atoms in total. The number of aromatic nitrogens is 4. The van der Waals surface area contributed by atoms with E-state index in [1.54, 1.807) is 28.9 Å². The number of tetrazole rings is 1. The smallest absolute Gasteiger partial charge is 0.251 e. The average molecular weight is 303 g/mol. The number of amides is 1. The molecule has 1 aromatic carbocycles. The van der Waals surface area contributed by atoms with Gasteiger partial charge >= 0.3 is 0 Å². The van der Waals surface area contributed by atoms with Crippen LogP contribution in [0, 0.1) is 5.92 Å². The second-order valence-corrected chi connectivity index (χ2v) is 5.33. The highest BCUT2D eigenvalue weighted by Gasteiger charge is 2.08. The summed E-state index contributed by atoms with van der Waals surface area (Å²) in [5, 5.41) is 14.2. The summed E-state index contributed by atoms with van der Waals surface area (Å²) in [5.41, 5.74) is 0.617. The Kier molecular flexibility index (Phi) is 5.46. The Morgan fingerprint density at radius 1 is 1.32 bits per heavy atom. The molecule has 0 radical (unpaired) electrons. The van der Waals surface area contributed by atoms with E-state index in [0.29, 0.717) is 42.8 Å². The van der Waals surface area contributed by atoms with Gasteiger partial charge in [0.05, 0.1) is 0 Å². The van der Waals surface area contributed by atoms with Gasteiger partial charge in [0.25, 0.3) is 5.91 Å². The summed E-state index contributed by atoms with van der Waals surface area (Å²) in [6.45, 7) is 7.73. The third kappa shape index (κ3) is 4.28. The lowest BCUT2D eigenvalue weighted by Gasteiger charge is -2.09. The number of hydrogen-bond donors (Lipinski definition) is 1. The van der Waals surface area contributed by atoms with Crippen molar-refractivity contribution in [2.24, 2.45) is 5.92 Å². The number of carbonyl (C=O) groups is 1. The minimum Gasteiger partial charge on any atom is -0.486 e. The highest BCUT2D eigenvalue weighted by atomic mass is 16.5. The van der Waals surface area contributed by atoms with Gasteiger partial charge in [-0.05, 0) is 47.5 Å². The Morgan fingerprint density at radius 2 is 2.05 bits per heavy atom. The van der Waals surface area contributed by atoms with Crippen LogP contribution in [-0.2, 0) is 13.2 Å². The van der Waals surface area contributed by atoms with Crippen LogP contribution < -0.4 is 10.1 Å². The number of ether oxygens (including phenoxy) is 1. The molecule has 0 spiro atoms. The lowest BCUT2D eigenvalue weighted by Crippen LogP contribution is -2.27. The number of aryl methyl sites for hydroxylation is 1. The van der Waals surface area contributed by atoms with Crippen molar-refractivity contribution in [1.82, 2.24) is 25.5 Å². The molecule has 22 heavy (non-hydrogen) atoms. The first-order valence-corrected chi connectivity index (χ1v) is 7.36. The maximum absolute atomic E-state index is 11.9. The van der Waals surface area contributed by atoms with Crippen LogP contribution in [0.4, 0.5) is 0 Å². The van der Waals surface area contributed by atoms with E-state index >= 15 is 0 Å². The number of benzene rings is 1. The average Bonchev–Trinajstić information content (AvgIpc) is 2.98. The molecule has 2 rings (SSSR count). The van der Waals surface area contributed by atoms with Crippen molar-refractivity contribution < 1.29 is 9.53 Å². The summed E-state index contributed by atoms with van der Waals surface area (Å²) in [5.74, 6) is 1.69. The van der Waals surface area contributed by atoms with Gasteiger partial charge in [0, 0.05) is 18.7 Å². The van der Waals surface area contributed by atoms with E-state index in [4.69, 9.17) is 4.74 Å². The largest absolute Gasteiger partial charge is 0.486 e. The van der Waals surface area contributed by atoms with Crippen LogP contribution in [0.1, 0.15) is 37.0 Å². The lowest BCUT2D eigenvalue weighted by atomic mass is 10.2. The molecule has 0 saturated carbocycles. The molecule has 7 heteroatoms. The summed E-state index contributed by atoms with van der Waals surface area (Å²) < 4.78 is 7.31. The highest BCUT2D eigenvalue weighted by molar-refractivity contribution is 5.94. The fourth-order valence-electron chi connectivity index (χ4n) is 1.82. The highest BCUT2D eigenvalue weighted by Crippen LogP contribution is 2.13. The molecule has 2 aromatic rings. The van der Waals surface area contributed by atoms with Crippen molar-refractivity contribution in [1.29, 1.82) is 0 Å². The molecule has 118 valence electrons. The predicted molar refractivity (Wildman–Crippen MR) is 81.4 cm³/mol. The third-order valence-electron chi connectivity index (χ3n) is 3.06. The van der Waals surface area contributed by atoms with Crippen LogP contribution in [0.5, 0.6) is 5.75 Å². The summed E-state index contributed by atoms with van der Waals surface area (Å²) in [4.78, 5) is 11.9. The SMILES string of the molecule is CCn1nnnc1COc1ccc(C(=O)NCC(C)C)cc1. The molecule has 0 aliphatic heterocycles. The van der Waals surface area contributed by atoms with Crippen molar-refractivity contribution in [2.75, 3.05) is 6.54 Å². The maximum atomic E-state index is 11.9. The number of carbonyl (C=O) groups excluding carboxylic acids is 1. The minimum atomic E-state index is -0.0739. The van der Waals surface area contributed by atoms with E-state index < -0.39 is 0 Å². The fraction of sp³-hybridized carbons (Fsp3) is 0.467. The summed E-state index contributed by atoms with van der Waals surface area (Å²) in [6.07, 6.45) is 0. The number of nitrogens with one attached hydrogen (secondary N) is 1.